The van der Waals surface area contributed by atoms with Crippen molar-refractivity contribution in [3.8, 4) is 5.75 Å². The van der Waals surface area contributed by atoms with Crippen LogP contribution in [0.25, 0.3) is 16.5 Å². The van der Waals surface area contributed by atoms with E-state index in [0.29, 0.717) is 34.1 Å². The van der Waals surface area contributed by atoms with Crippen molar-refractivity contribution < 1.29 is 33.4 Å². The van der Waals surface area contributed by atoms with Crippen LogP contribution in [0.3, 0.4) is 0 Å². The zero-order chi connectivity index (χ0) is 44.8. The van der Waals surface area contributed by atoms with Crippen LogP contribution in [0.2, 0.25) is 5.02 Å². The average molecular weight is 892 g/mol. The van der Waals surface area contributed by atoms with E-state index in [1.54, 1.807) is 29.0 Å². The molecule has 1 atom stereocenters. The van der Waals surface area contributed by atoms with Gasteiger partial charge in [0.1, 0.15) is 11.1 Å². The second kappa shape index (κ2) is 17.8. The monoisotopic (exact) mass is 891 g/mol. The molecular formula is C46H50ClN9O8. The lowest BCUT2D eigenvalue weighted by molar-refractivity contribution is -0.136. The topological polar surface area (TPSA) is 197 Å². The highest BCUT2D eigenvalue weighted by atomic mass is 35.5. The first-order valence-corrected chi connectivity index (χ1v) is 22.2. The Morgan fingerprint density at radius 3 is 2.44 bits per heavy atom. The van der Waals surface area contributed by atoms with E-state index in [-0.39, 0.29) is 60.5 Å². The fourth-order valence-corrected chi connectivity index (χ4v) is 9.46. The number of anilines is 3. The Morgan fingerprint density at radius 2 is 1.72 bits per heavy atom. The van der Waals surface area contributed by atoms with Crippen molar-refractivity contribution in [2.75, 3.05) is 50.1 Å². The van der Waals surface area contributed by atoms with Crippen LogP contribution in [-0.2, 0) is 19.1 Å². The summed E-state index contributed by atoms with van der Waals surface area (Å²) in [5.41, 5.74) is 3.72. The van der Waals surface area contributed by atoms with Gasteiger partial charge in [0.25, 0.3) is 23.3 Å². The third-order valence-corrected chi connectivity index (χ3v) is 13.2. The van der Waals surface area contributed by atoms with Gasteiger partial charge in [-0.3, -0.25) is 43.9 Å². The molecule has 4 aromatic rings. The Hall–Kier alpha value is -6.17. The molecule has 18 heteroatoms. The van der Waals surface area contributed by atoms with Crippen LogP contribution in [0.4, 0.5) is 17.5 Å². The predicted octanol–water partition coefficient (Wildman–Crippen LogP) is 4.60. The Morgan fingerprint density at radius 1 is 0.938 bits per heavy atom. The van der Waals surface area contributed by atoms with E-state index < -0.39 is 29.7 Å². The smallest absolute Gasteiger partial charge is 0.293 e. The van der Waals surface area contributed by atoms with Gasteiger partial charge in [0.2, 0.25) is 17.8 Å². The highest BCUT2D eigenvalue weighted by molar-refractivity contribution is 6.33. The number of carbonyl (C=O) groups is 5. The van der Waals surface area contributed by atoms with Crippen LogP contribution in [-0.4, -0.2) is 118 Å². The number of ether oxygens (including phenoxy) is 2. The maximum absolute atomic E-state index is 13.4. The summed E-state index contributed by atoms with van der Waals surface area (Å²) in [4.78, 5) is 90.7. The molecule has 6 heterocycles. The van der Waals surface area contributed by atoms with E-state index in [1.165, 1.54) is 7.05 Å². The molecule has 2 aromatic heterocycles. The number of pyridine rings is 1. The summed E-state index contributed by atoms with van der Waals surface area (Å²) in [6.45, 7) is 6.70. The quantitative estimate of drug-likeness (QED) is 0.167. The third kappa shape index (κ3) is 8.46. The summed E-state index contributed by atoms with van der Waals surface area (Å²) in [7, 11) is 1.51. The molecule has 3 fully saturated rings. The Balaban J connectivity index is 0.759. The number of carbonyl (C=O) groups excluding carboxylic acids is 5. The molecule has 2 saturated heterocycles. The lowest BCUT2D eigenvalue weighted by Crippen LogP contribution is -2.54. The van der Waals surface area contributed by atoms with Crippen LogP contribution in [0.1, 0.15) is 91.1 Å². The van der Waals surface area contributed by atoms with Crippen molar-refractivity contribution in [1.29, 1.82) is 0 Å². The van der Waals surface area contributed by atoms with E-state index in [4.69, 9.17) is 26.1 Å². The Labute approximate surface area is 374 Å². The third-order valence-electron chi connectivity index (χ3n) is 12.9. The first-order chi connectivity index (χ1) is 30.8. The van der Waals surface area contributed by atoms with Crippen LogP contribution in [0.15, 0.2) is 59.5 Å². The second-order valence-electron chi connectivity index (χ2n) is 17.3. The number of imide groups is 2. The summed E-state index contributed by atoms with van der Waals surface area (Å²) >= 11 is 6.59. The number of hydrogen-bond donors (Lipinski definition) is 3. The van der Waals surface area contributed by atoms with Gasteiger partial charge in [0.05, 0.1) is 35.0 Å². The molecule has 17 nitrogen and oxygen atoms in total. The number of hydrogen-bond acceptors (Lipinski definition) is 13. The molecule has 0 radical (unpaired) electrons. The number of piperidine rings is 2. The predicted molar refractivity (Wildman–Crippen MR) is 239 cm³/mol. The molecule has 1 saturated carbocycles. The number of nitrogens with one attached hydrogen (secondary N) is 3. The average Bonchev–Trinajstić information content (AvgIpc) is 3.52. The Kier molecular flexibility index (Phi) is 12.0. The van der Waals surface area contributed by atoms with E-state index in [9.17, 15) is 28.8 Å². The molecule has 4 aliphatic heterocycles. The van der Waals surface area contributed by atoms with E-state index in [2.05, 4.69) is 36.8 Å². The molecule has 2 aromatic carbocycles. The van der Waals surface area contributed by atoms with Crippen molar-refractivity contribution in [3.63, 3.8) is 0 Å². The molecule has 5 amide bonds. The van der Waals surface area contributed by atoms with Gasteiger partial charge in [-0.25, -0.2) is 4.98 Å². The number of likely N-dealkylation sites (N-methyl/N-ethyl adjacent to an activating group) is 1. The largest absolute Gasteiger partial charge is 0.478 e. The molecule has 1 unspecified atom stereocenters. The molecule has 5 aliphatic rings. The summed E-state index contributed by atoms with van der Waals surface area (Å²) in [5, 5.41) is 9.17. The number of nitrogens with zero attached hydrogens (tertiary/aromatic N) is 6. The van der Waals surface area contributed by atoms with Gasteiger partial charge >= 0.3 is 0 Å². The summed E-state index contributed by atoms with van der Waals surface area (Å²) < 4.78 is 13.8. The van der Waals surface area contributed by atoms with Crippen LogP contribution >= 0.6 is 11.6 Å². The standard InChI is InChI=1S/C46H50ClN9O8/c1-25(2)55-36-7-5-29(18-28(36)20-38(45(55)62)63-24-40(58)48-3)50-41-35(47)23-49-46(52-41)54-16-12-31(13-17-54)64-32-21-30(22-32)53-14-10-26(11-15-53)27-4-6-33-34(19-27)44(61)56(43(33)60)37-8-9-39(57)51-42(37)59/h4-7,10,18-20,23,25,30-32,37H,8-9,11-17,21-22,24H2,1-3H3,(H,48,58)(H,49,50,52)(H,51,57,59)/t30-,32-,37?. The highest BCUT2D eigenvalue weighted by Gasteiger charge is 2.45. The molecule has 334 valence electrons. The molecule has 3 N–H and O–H groups in total. The van der Waals surface area contributed by atoms with E-state index >= 15 is 0 Å². The number of rotatable bonds is 12. The summed E-state index contributed by atoms with van der Waals surface area (Å²) in [5.74, 6) is -1.24. The van der Waals surface area contributed by atoms with Crippen LogP contribution in [0, 0.1) is 0 Å². The zero-order valence-corrected chi connectivity index (χ0v) is 36.7. The molecule has 9 rings (SSSR count). The maximum Gasteiger partial charge on any atom is 0.293 e. The van der Waals surface area contributed by atoms with Crippen LogP contribution < -0.4 is 31.1 Å². The first kappa shape index (κ1) is 43.1. The van der Waals surface area contributed by atoms with E-state index in [0.717, 1.165) is 85.2 Å². The molecule has 0 spiro atoms. The maximum atomic E-state index is 13.4. The second-order valence-corrected chi connectivity index (χ2v) is 17.7. The minimum absolute atomic E-state index is 0.0828. The first-order valence-electron chi connectivity index (χ1n) is 21.9. The summed E-state index contributed by atoms with van der Waals surface area (Å²) in [6.07, 6.45) is 8.80. The number of benzene rings is 2. The molecule has 0 bridgehead atoms. The van der Waals surface area contributed by atoms with Gasteiger partial charge < -0.3 is 29.6 Å². The normalized spacial score (nSPS) is 21.8. The van der Waals surface area contributed by atoms with Gasteiger partial charge in [-0.1, -0.05) is 23.7 Å². The Bertz CT molecular complexity index is 2650. The molecule has 1 aliphatic carbocycles. The van der Waals surface area contributed by atoms with Crippen molar-refractivity contribution in [2.24, 2.45) is 0 Å². The zero-order valence-electron chi connectivity index (χ0n) is 35.9. The minimum atomic E-state index is -0.984. The lowest BCUT2D eigenvalue weighted by atomic mass is 9.86. The van der Waals surface area contributed by atoms with Gasteiger partial charge in [-0.2, -0.15) is 4.98 Å². The van der Waals surface area contributed by atoms with Crippen molar-refractivity contribution in [1.82, 2.24) is 35.0 Å². The lowest BCUT2D eigenvalue weighted by Gasteiger charge is -2.45. The van der Waals surface area contributed by atoms with E-state index in [1.807, 2.05) is 38.1 Å². The van der Waals surface area contributed by atoms with Crippen molar-refractivity contribution in [2.45, 2.75) is 89.1 Å². The molecule has 64 heavy (non-hydrogen) atoms. The van der Waals surface area contributed by atoms with Crippen LogP contribution in [0.5, 0.6) is 5.75 Å². The molecular weight excluding hydrogens is 842 g/mol. The summed E-state index contributed by atoms with van der Waals surface area (Å²) in [6, 6.07) is 11.9. The minimum Gasteiger partial charge on any atom is -0.478 e. The fraction of sp³-hybridized carbons (Fsp3) is 0.435. The van der Waals surface area contributed by atoms with Gasteiger partial charge in [0.15, 0.2) is 18.2 Å². The number of fused-ring (bicyclic) bond motifs is 2. The van der Waals surface area contributed by atoms with Gasteiger partial charge in [-0.15, -0.1) is 0 Å². The van der Waals surface area contributed by atoms with Crippen molar-refractivity contribution in [3.05, 3.63) is 86.8 Å². The van der Waals surface area contributed by atoms with Crippen molar-refractivity contribution >= 4 is 75.1 Å². The van der Waals surface area contributed by atoms with Gasteiger partial charge in [-0.05, 0) is 99.9 Å². The number of aromatic nitrogens is 3. The fourth-order valence-electron chi connectivity index (χ4n) is 9.33. The number of amides is 5. The van der Waals surface area contributed by atoms with Gasteiger partial charge in [0, 0.05) is 62.8 Å². The highest BCUT2D eigenvalue weighted by Crippen LogP contribution is 2.36. The number of halogens is 1. The SMILES string of the molecule is CNC(=O)COc1cc2cc(Nc3nc(N4CCC(O[C@H]5C[C@H](N6CC=C(c7ccc8c(c7)C(=O)N(C7CCC(=O)NC7=O)C8=O)CC6)C5)CC4)ncc3Cl)ccc2n(C(C)C)c1=O.